The zero-order valence-corrected chi connectivity index (χ0v) is 28.4. The van der Waals surface area contributed by atoms with Crippen LogP contribution in [0, 0.1) is 23.2 Å². The molecule has 12 nitrogen and oxygen atoms in total. The third-order valence-corrected chi connectivity index (χ3v) is 12.4. The summed E-state index contributed by atoms with van der Waals surface area (Å²) in [5, 5.41) is 42.6. The van der Waals surface area contributed by atoms with Crippen molar-refractivity contribution >= 4 is 23.0 Å². The van der Waals surface area contributed by atoms with Crippen molar-refractivity contribution in [2.45, 2.75) is 127 Å². The second-order valence-electron chi connectivity index (χ2n) is 15.3. The number of aliphatic hydroxyl groups excluding tert-OH is 3. The topological polar surface area (TPSA) is 186 Å². The summed E-state index contributed by atoms with van der Waals surface area (Å²) in [4.78, 5) is 24.7. The van der Waals surface area contributed by atoms with Gasteiger partial charge in [0.25, 0.3) is 0 Å². The van der Waals surface area contributed by atoms with Gasteiger partial charge in [-0.3, -0.25) is 9.36 Å². The van der Waals surface area contributed by atoms with Gasteiger partial charge in [-0.05, 0) is 97.3 Å². The second kappa shape index (κ2) is 14.1. The first-order valence-electron chi connectivity index (χ1n) is 18.3. The lowest BCUT2D eigenvalue weighted by Crippen LogP contribution is -2.44. The van der Waals surface area contributed by atoms with Gasteiger partial charge in [0.2, 0.25) is 0 Å². The molecule has 2 aromatic heterocycles. The van der Waals surface area contributed by atoms with Gasteiger partial charge in [-0.2, -0.15) is 0 Å². The van der Waals surface area contributed by atoms with Crippen LogP contribution >= 0.6 is 0 Å². The zero-order chi connectivity index (χ0) is 34.3. The van der Waals surface area contributed by atoms with E-state index in [1.165, 1.54) is 28.3 Å². The Bertz CT molecular complexity index is 1630. The number of aliphatic hydroxyl groups is 3. The number of esters is 1. The molecular weight excluding hydrogens is 626 g/mol. The van der Waals surface area contributed by atoms with Crippen molar-refractivity contribution in [1.82, 2.24) is 19.5 Å². The van der Waals surface area contributed by atoms with Crippen molar-refractivity contribution in [3.63, 3.8) is 0 Å². The zero-order valence-electron chi connectivity index (χ0n) is 28.4. The van der Waals surface area contributed by atoms with Gasteiger partial charge in [0.05, 0.1) is 12.4 Å². The first kappa shape index (κ1) is 34.1. The fourth-order valence-electron chi connectivity index (χ4n) is 9.78. The SMILES string of the molecule is C[C@@]12CC[C@@H]3c4ccc(O)cc4CC[C@H]3[C@H]1C[C@@H](CCCCCCCCC(=O)OC[C@H]1O[C@H](n3cnc4c(N)ncnc43)[C@@H](O)[C@H]1O)[C@H]2O. The average molecular weight is 678 g/mol. The quantitative estimate of drug-likeness (QED) is 0.134. The van der Waals surface area contributed by atoms with E-state index in [1.54, 1.807) is 0 Å². The minimum Gasteiger partial charge on any atom is -0.508 e. The van der Waals surface area contributed by atoms with Crippen LogP contribution in [0.1, 0.15) is 107 Å². The molecule has 0 bridgehead atoms. The summed E-state index contributed by atoms with van der Waals surface area (Å²) < 4.78 is 12.7. The number of unbranched alkanes of at least 4 members (excludes halogenated alkanes) is 5. The Balaban J connectivity index is 0.783. The highest BCUT2D eigenvalue weighted by Crippen LogP contribution is 2.62. The highest BCUT2D eigenvalue weighted by molar-refractivity contribution is 5.81. The number of aromatic hydroxyl groups is 1. The molecule has 3 heterocycles. The summed E-state index contributed by atoms with van der Waals surface area (Å²) >= 11 is 0. The number of nitrogens with two attached hydrogens (primary N) is 1. The fourth-order valence-corrected chi connectivity index (χ4v) is 9.78. The number of phenolic OH excluding ortho intramolecular Hbond substituents is 1. The summed E-state index contributed by atoms with van der Waals surface area (Å²) in [5.74, 6) is 2.33. The lowest BCUT2D eigenvalue weighted by atomic mass is 9.55. The van der Waals surface area contributed by atoms with E-state index in [0.717, 1.165) is 77.0 Å². The summed E-state index contributed by atoms with van der Waals surface area (Å²) in [6, 6.07) is 5.94. The molecule has 1 aromatic carbocycles. The number of aromatic nitrogens is 4. The fraction of sp³-hybridized carbons (Fsp3) is 0.676. The van der Waals surface area contributed by atoms with Crippen LogP contribution in [0.4, 0.5) is 5.82 Å². The molecule has 3 aromatic rings. The molecule has 0 radical (unpaired) electrons. The Morgan fingerprint density at radius 3 is 2.69 bits per heavy atom. The molecule has 1 saturated heterocycles. The van der Waals surface area contributed by atoms with Gasteiger partial charge in [-0.1, -0.05) is 45.1 Å². The first-order valence-corrected chi connectivity index (χ1v) is 18.3. The predicted octanol–water partition coefficient (Wildman–Crippen LogP) is 4.54. The Hall–Kier alpha value is -3.32. The maximum Gasteiger partial charge on any atom is 0.305 e. The lowest BCUT2D eigenvalue weighted by molar-refractivity contribution is -0.150. The molecule has 3 aliphatic carbocycles. The number of ether oxygens (including phenoxy) is 2. The third kappa shape index (κ3) is 6.53. The number of nitrogen functional groups attached to an aromatic ring is 1. The number of hydrogen-bond acceptors (Lipinski definition) is 11. The van der Waals surface area contributed by atoms with Gasteiger partial charge in [0.15, 0.2) is 17.7 Å². The summed E-state index contributed by atoms with van der Waals surface area (Å²) in [6.45, 7) is 2.18. The smallest absolute Gasteiger partial charge is 0.305 e. The molecule has 4 aliphatic rings. The molecule has 10 atom stereocenters. The van der Waals surface area contributed by atoms with Crippen LogP contribution in [0.25, 0.3) is 11.2 Å². The predicted molar refractivity (Wildman–Crippen MR) is 181 cm³/mol. The number of fused-ring (bicyclic) bond motifs is 6. The highest BCUT2D eigenvalue weighted by Gasteiger charge is 2.57. The van der Waals surface area contributed by atoms with Crippen molar-refractivity contribution in [2.75, 3.05) is 12.3 Å². The van der Waals surface area contributed by atoms with Gasteiger partial charge in [0.1, 0.15) is 42.5 Å². The lowest BCUT2D eigenvalue weighted by Gasteiger charge is -2.50. The molecule has 7 rings (SSSR count). The van der Waals surface area contributed by atoms with E-state index in [4.69, 9.17) is 15.2 Å². The molecule has 0 unspecified atom stereocenters. The number of phenols is 1. The van der Waals surface area contributed by atoms with E-state index < -0.39 is 24.5 Å². The second-order valence-corrected chi connectivity index (χ2v) is 15.3. The van der Waals surface area contributed by atoms with Gasteiger partial charge in [0, 0.05) is 6.42 Å². The van der Waals surface area contributed by atoms with Gasteiger partial charge in [-0.25, -0.2) is 15.0 Å². The molecule has 0 spiro atoms. The molecular formula is C37H51N5O7. The maximum atomic E-state index is 12.4. The summed E-state index contributed by atoms with van der Waals surface area (Å²) in [7, 11) is 0. The van der Waals surface area contributed by atoms with E-state index in [1.807, 2.05) is 12.1 Å². The van der Waals surface area contributed by atoms with E-state index in [9.17, 15) is 25.2 Å². The normalized spacial score (nSPS) is 33.7. The Kier molecular flexibility index (Phi) is 9.84. The van der Waals surface area contributed by atoms with Gasteiger partial charge >= 0.3 is 5.97 Å². The number of anilines is 1. The Morgan fingerprint density at radius 1 is 1.06 bits per heavy atom. The Labute approximate surface area is 287 Å². The number of carbonyl (C=O) groups is 1. The molecule has 6 N–H and O–H groups in total. The largest absolute Gasteiger partial charge is 0.508 e. The van der Waals surface area contributed by atoms with Crippen LogP contribution in [0.15, 0.2) is 30.9 Å². The molecule has 266 valence electrons. The van der Waals surface area contributed by atoms with Crippen molar-refractivity contribution in [3.05, 3.63) is 42.0 Å². The van der Waals surface area contributed by atoms with E-state index in [0.29, 0.717) is 47.0 Å². The van der Waals surface area contributed by atoms with E-state index in [2.05, 4.69) is 27.9 Å². The molecule has 1 aliphatic heterocycles. The van der Waals surface area contributed by atoms with Crippen LogP contribution in [-0.2, 0) is 20.7 Å². The number of nitrogens with zero attached hydrogens (tertiary/aromatic N) is 4. The van der Waals surface area contributed by atoms with Crippen LogP contribution in [0.5, 0.6) is 5.75 Å². The minimum atomic E-state index is -1.26. The van der Waals surface area contributed by atoms with Gasteiger partial charge in [-0.15, -0.1) is 0 Å². The molecule has 49 heavy (non-hydrogen) atoms. The monoisotopic (exact) mass is 677 g/mol. The highest BCUT2D eigenvalue weighted by atomic mass is 16.6. The number of aryl methyl sites for hydroxylation is 1. The minimum absolute atomic E-state index is 0.0116. The molecule has 3 fully saturated rings. The van der Waals surface area contributed by atoms with Crippen LogP contribution < -0.4 is 5.73 Å². The standard InChI is InChI=1S/C37H51N5O7/c1-37-15-14-25-24-13-11-23(43)16-21(24)10-12-26(25)27(37)17-22(33(37)47)8-6-4-2-3-5-7-9-29(44)48-18-28-31(45)32(46)36(49-28)42-20-41-30-34(38)39-19-40-35(30)42/h11,13,16,19-20,22,25-28,31-33,36,43,45-47H,2-10,12,14-15,17-18H2,1H3,(H2,38,39,40)/t22-,25-,26-,27-,28-,31+,32+,33-,36+,37-/m1/s1. The summed E-state index contributed by atoms with van der Waals surface area (Å²) in [5.41, 5.74) is 9.35. The number of carbonyl (C=O) groups excluding carboxylic acids is 1. The van der Waals surface area contributed by atoms with E-state index in [-0.39, 0.29) is 29.9 Å². The Morgan fingerprint density at radius 2 is 1.86 bits per heavy atom. The first-order chi connectivity index (χ1) is 23.7. The van der Waals surface area contributed by atoms with Crippen LogP contribution in [0.2, 0.25) is 0 Å². The van der Waals surface area contributed by atoms with E-state index >= 15 is 0 Å². The van der Waals surface area contributed by atoms with Crippen molar-refractivity contribution in [1.29, 1.82) is 0 Å². The number of imidazole rings is 1. The molecule has 2 saturated carbocycles. The third-order valence-electron chi connectivity index (χ3n) is 12.4. The average Bonchev–Trinajstić information content (AvgIpc) is 3.73. The van der Waals surface area contributed by atoms with Crippen LogP contribution in [0.3, 0.4) is 0 Å². The van der Waals surface area contributed by atoms with Crippen molar-refractivity contribution < 1.29 is 34.7 Å². The number of benzene rings is 1. The van der Waals surface area contributed by atoms with Crippen molar-refractivity contribution in [3.8, 4) is 5.75 Å². The molecule has 0 amide bonds. The number of hydrogen-bond donors (Lipinski definition) is 5. The molecule has 12 heteroatoms. The summed E-state index contributed by atoms with van der Waals surface area (Å²) in [6.07, 6.45) is 11.1. The van der Waals surface area contributed by atoms with Gasteiger partial charge < -0.3 is 35.6 Å². The maximum absolute atomic E-state index is 12.4. The van der Waals surface area contributed by atoms with Crippen molar-refractivity contribution in [2.24, 2.45) is 23.2 Å². The van der Waals surface area contributed by atoms with Crippen LogP contribution in [-0.4, -0.2) is 76.9 Å². The number of rotatable bonds is 12.